The van der Waals surface area contributed by atoms with Crippen molar-refractivity contribution < 1.29 is 0 Å². The molecule has 0 radical (unpaired) electrons. The van der Waals surface area contributed by atoms with E-state index in [2.05, 4.69) is 4.99 Å². The highest BCUT2D eigenvalue weighted by Gasteiger charge is 1.86. The summed E-state index contributed by atoms with van der Waals surface area (Å²) in [6.07, 6.45) is 1.84. The van der Waals surface area contributed by atoms with E-state index in [0.29, 0.717) is 0 Å². The average molecular weight is 168 g/mol. The highest BCUT2D eigenvalue weighted by Crippen LogP contribution is 2.07. The normalized spacial score (nSPS) is 10.7. The molecular weight excluding hydrogens is 158 g/mol. The van der Waals surface area contributed by atoms with Crippen molar-refractivity contribution in [2.24, 2.45) is 4.99 Å². The monoisotopic (exact) mass is 167 g/mol. The van der Waals surface area contributed by atoms with Crippen molar-refractivity contribution in [1.82, 2.24) is 0 Å². The summed E-state index contributed by atoms with van der Waals surface area (Å²) in [6, 6.07) is 7.61. The molecule has 0 aromatic heterocycles. The lowest BCUT2D eigenvalue weighted by molar-refractivity contribution is 1.14. The third kappa shape index (κ3) is 2.72. The summed E-state index contributed by atoms with van der Waals surface area (Å²) < 4.78 is 0. The van der Waals surface area contributed by atoms with E-state index < -0.39 is 0 Å². The molecule has 0 saturated carbocycles. The van der Waals surface area contributed by atoms with Gasteiger partial charge in [-0.25, -0.2) is 0 Å². The Morgan fingerprint density at radius 2 is 2.00 bits per heavy atom. The fraction of sp³-hybridized carbons (Fsp3) is 0.222. The van der Waals surface area contributed by atoms with E-state index in [9.17, 15) is 0 Å². The zero-order valence-electron chi connectivity index (χ0n) is 6.42. The molecule has 1 nitrogen and oxygen atoms in total. The summed E-state index contributed by atoms with van der Waals surface area (Å²) >= 11 is 5.70. The maximum Gasteiger partial charge on any atom is 0.0406 e. The van der Waals surface area contributed by atoms with Crippen molar-refractivity contribution in [1.29, 1.82) is 0 Å². The van der Waals surface area contributed by atoms with Crippen LogP contribution in [0.3, 0.4) is 0 Å². The lowest BCUT2D eigenvalue weighted by Crippen LogP contribution is -1.80. The molecule has 0 heterocycles. The Morgan fingerprint density at radius 1 is 1.36 bits per heavy atom. The van der Waals surface area contributed by atoms with Crippen LogP contribution in [0.25, 0.3) is 0 Å². The molecule has 11 heavy (non-hydrogen) atoms. The average Bonchev–Trinajstić information content (AvgIpc) is 2.04. The molecule has 58 valence electrons. The third-order valence-corrected chi connectivity index (χ3v) is 1.54. The smallest absolute Gasteiger partial charge is 0.0406 e. The van der Waals surface area contributed by atoms with Crippen LogP contribution in [0.1, 0.15) is 12.5 Å². The highest BCUT2D eigenvalue weighted by atomic mass is 35.5. The topological polar surface area (TPSA) is 12.4 Å². The van der Waals surface area contributed by atoms with Gasteiger partial charge in [-0.3, -0.25) is 4.99 Å². The van der Waals surface area contributed by atoms with Gasteiger partial charge in [0.15, 0.2) is 0 Å². The van der Waals surface area contributed by atoms with Crippen LogP contribution in [-0.2, 0) is 0 Å². The first-order valence-electron chi connectivity index (χ1n) is 3.58. The molecule has 0 aliphatic carbocycles. The number of rotatable bonds is 2. The highest BCUT2D eigenvalue weighted by molar-refractivity contribution is 6.30. The van der Waals surface area contributed by atoms with Gasteiger partial charge < -0.3 is 0 Å². The van der Waals surface area contributed by atoms with Gasteiger partial charge in [-0.1, -0.05) is 23.7 Å². The van der Waals surface area contributed by atoms with Crippen molar-refractivity contribution >= 4 is 17.8 Å². The van der Waals surface area contributed by atoms with E-state index in [1.54, 1.807) is 0 Å². The Balaban J connectivity index is 2.73. The maximum atomic E-state index is 5.70. The van der Waals surface area contributed by atoms with Gasteiger partial charge >= 0.3 is 0 Å². The van der Waals surface area contributed by atoms with E-state index in [-0.39, 0.29) is 0 Å². The second kappa shape index (κ2) is 4.14. The number of nitrogens with zero attached hydrogens (tertiary/aromatic N) is 1. The molecule has 0 saturated heterocycles. The summed E-state index contributed by atoms with van der Waals surface area (Å²) in [5.74, 6) is 0. The van der Waals surface area contributed by atoms with Crippen LogP contribution in [0.2, 0.25) is 5.02 Å². The Labute approximate surface area is 71.7 Å². The van der Waals surface area contributed by atoms with Crippen molar-refractivity contribution in [2.75, 3.05) is 6.54 Å². The molecule has 0 aliphatic heterocycles. The number of hydrogen-bond donors (Lipinski definition) is 0. The Kier molecular flexibility index (Phi) is 3.12. The van der Waals surface area contributed by atoms with Gasteiger partial charge in [0.1, 0.15) is 0 Å². The van der Waals surface area contributed by atoms with Crippen LogP contribution in [0.4, 0.5) is 0 Å². The minimum atomic E-state index is 0.763. The lowest BCUT2D eigenvalue weighted by Gasteiger charge is -1.91. The largest absolute Gasteiger partial charge is 0.293 e. The fourth-order valence-electron chi connectivity index (χ4n) is 0.746. The summed E-state index contributed by atoms with van der Waals surface area (Å²) in [5, 5.41) is 0.763. The van der Waals surface area contributed by atoms with Crippen molar-refractivity contribution in [3.05, 3.63) is 34.9 Å². The molecule has 0 aliphatic rings. The predicted molar refractivity (Wildman–Crippen MR) is 49.6 cm³/mol. The van der Waals surface area contributed by atoms with Gasteiger partial charge in [-0.2, -0.15) is 0 Å². The second-order valence-electron chi connectivity index (χ2n) is 2.18. The fourth-order valence-corrected chi connectivity index (χ4v) is 0.872. The maximum absolute atomic E-state index is 5.70. The SMILES string of the molecule is CCN=Cc1ccc(Cl)cc1. The predicted octanol–water partition coefficient (Wildman–Crippen LogP) is 2.78. The number of hydrogen-bond acceptors (Lipinski definition) is 1. The van der Waals surface area contributed by atoms with Crippen LogP contribution in [-0.4, -0.2) is 12.8 Å². The number of benzene rings is 1. The Hall–Kier alpha value is -0.820. The second-order valence-corrected chi connectivity index (χ2v) is 2.62. The van der Waals surface area contributed by atoms with Gasteiger partial charge in [0, 0.05) is 17.8 Å². The molecule has 0 unspecified atom stereocenters. The molecule has 0 amide bonds. The number of halogens is 1. The van der Waals surface area contributed by atoms with Crippen LogP contribution in [0.5, 0.6) is 0 Å². The summed E-state index contributed by atoms with van der Waals surface area (Å²) in [7, 11) is 0. The van der Waals surface area contributed by atoms with E-state index in [1.807, 2.05) is 37.4 Å². The first-order valence-corrected chi connectivity index (χ1v) is 3.96. The van der Waals surface area contributed by atoms with Crippen molar-refractivity contribution in [3.8, 4) is 0 Å². The molecular formula is C9H10ClN. The quantitative estimate of drug-likeness (QED) is 0.601. The molecule has 0 atom stereocenters. The van der Waals surface area contributed by atoms with Gasteiger partial charge in [-0.05, 0) is 24.6 Å². The molecule has 2 heteroatoms. The van der Waals surface area contributed by atoms with Gasteiger partial charge in [0.05, 0.1) is 0 Å². The minimum absolute atomic E-state index is 0.763. The molecule has 0 spiro atoms. The van der Waals surface area contributed by atoms with E-state index in [1.165, 1.54) is 0 Å². The van der Waals surface area contributed by atoms with E-state index >= 15 is 0 Å². The molecule has 1 aromatic rings. The first kappa shape index (κ1) is 8.28. The van der Waals surface area contributed by atoms with Crippen LogP contribution in [0, 0.1) is 0 Å². The minimum Gasteiger partial charge on any atom is -0.293 e. The zero-order chi connectivity index (χ0) is 8.10. The standard InChI is InChI=1S/C9H10ClN/c1-2-11-7-8-3-5-9(10)6-4-8/h3-7H,2H2,1H3. The van der Waals surface area contributed by atoms with Gasteiger partial charge in [0.2, 0.25) is 0 Å². The molecule has 0 bridgehead atoms. The molecule has 1 rings (SSSR count). The summed E-state index contributed by atoms with van der Waals surface area (Å²) in [5.41, 5.74) is 1.09. The third-order valence-electron chi connectivity index (χ3n) is 1.29. The Morgan fingerprint density at radius 3 is 2.55 bits per heavy atom. The van der Waals surface area contributed by atoms with Crippen molar-refractivity contribution in [2.45, 2.75) is 6.92 Å². The van der Waals surface area contributed by atoms with Crippen LogP contribution >= 0.6 is 11.6 Å². The van der Waals surface area contributed by atoms with Crippen molar-refractivity contribution in [3.63, 3.8) is 0 Å². The van der Waals surface area contributed by atoms with Gasteiger partial charge in [-0.15, -0.1) is 0 Å². The summed E-state index contributed by atoms with van der Waals surface area (Å²) in [6.45, 7) is 2.83. The molecule has 0 N–H and O–H groups in total. The molecule has 0 fully saturated rings. The first-order chi connectivity index (χ1) is 5.33. The Bertz CT molecular complexity index is 238. The van der Waals surface area contributed by atoms with E-state index in [4.69, 9.17) is 11.6 Å². The summed E-state index contributed by atoms with van der Waals surface area (Å²) in [4.78, 5) is 4.10. The zero-order valence-corrected chi connectivity index (χ0v) is 7.17. The molecule has 1 aromatic carbocycles. The van der Waals surface area contributed by atoms with E-state index in [0.717, 1.165) is 17.1 Å². The van der Waals surface area contributed by atoms with Crippen LogP contribution in [0.15, 0.2) is 29.3 Å². The van der Waals surface area contributed by atoms with Gasteiger partial charge in [0.25, 0.3) is 0 Å². The lowest BCUT2D eigenvalue weighted by atomic mass is 10.2. The van der Waals surface area contributed by atoms with Crippen LogP contribution < -0.4 is 0 Å². The number of aliphatic imine (C=N–C) groups is 1.